The molecule has 2 N–H and O–H groups in total. The molecule has 1 heterocycles. The van der Waals surface area contributed by atoms with Gasteiger partial charge in [-0.15, -0.1) is 0 Å². The van der Waals surface area contributed by atoms with E-state index in [4.69, 9.17) is 9.47 Å². The predicted molar refractivity (Wildman–Crippen MR) is 122 cm³/mol. The van der Waals surface area contributed by atoms with E-state index >= 15 is 0 Å². The number of nitrogens with zero attached hydrogens (tertiary/aromatic N) is 2. The Labute approximate surface area is 183 Å². The SMILES string of the molecule is CCOC1CC(OCC)CC(C2CCC(c3[nH]ncc3CN(C)CCNC)CC2)C1. The van der Waals surface area contributed by atoms with Gasteiger partial charge >= 0.3 is 0 Å². The quantitative estimate of drug-likeness (QED) is 0.568. The van der Waals surface area contributed by atoms with Crippen LogP contribution in [0.25, 0.3) is 0 Å². The van der Waals surface area contributed by atoms with Crippen LogP contribution in [0.3, 0.4) is 0 Å². The Hall–Kier alpha value is -0.950. The van der Waals surface area contributed by atoms with Crippen LogP contribution < -0.4 is 5.32 Å². The summed E-state index contributed by atoms with van der Waals surface area (Å²) in [7, 11) is 4.20. The number of aromatic amines is 1. The van der Waals surface area contributed by atoms with Gasteiger partial charge in [0.2, 0.25) is 0 Å². The minimum Gasteiger partial charge on any atom is -0.378 e. The van der Waals surface area contributed by atoms with Gasteiger partial charge in [-0.25, -0.2) is 0 Å². The highest BCUT2D eigenvalue weighted by Crippen LogP contribution is 2.44. The Balaban J connectivity index is 1.54. The molecule has 2 saturated carbocycles. The zero-order chi connectivity index (χ0) is 21.3. The number of likely N-dealkylation sites (N-methyl/N-ethyl adjacent to an activating group) is 2. The third-order valence-electron chi connectivity index (χ3n) is 7.24. The first kappa shape index (κ1) is 23.7. The molecule has 2 aliphatic carbocycles. The molecule has 0 aromatic carbocycles. The molecule has 30 heavy (non-hydrogen) atoms. The number of aromatic nitrogens is 2. The number of nitrogens with one attached hydrogen (secondary N) is 2. The van der Waals surface area contributed by atoms with E-state index < -0.39 is 0 Å². The maximum atomic E-state index is 6.04. The highest BCUT2D eigenvalue weighted by molar-refractivity contribution is 5.21. The monoisotopic (exact) mass is 420 g/mol. The zero-order valence-electron chi connectivity index (χ0n) is 19.7. The number of ether oxygens (including phenoxy) is 2. The second kappa shape index (κ2) is 12.2. The van der Waals surface area contributed by atoms with Crippen molar-refractivity contribution < 1.29 is 9.47 Å². The fourth-order valence-electron chi connectivity index (χ4n) is 5.74. The molecular formula is C24H44N4O2. The number of rotatable bonds is 11. The number of hydrogen-bond donors (Lipinski definition) is 2. The molecule has 3 rings (SSSR count). The van der Waals surface area contributed by atoms with Crippen molar-refractivity contribution in [2.75, 3.05) is 40.4 Å². The Bertz CT molecular complexity index is 586. The van der Waals surface area contributed by atoms with Crippen molar-refractivity contribution in [3.8, 4) is 0 Å². The van der Waals surface area contributed by atoms with Crippen molar-refractivity contribution in [2.24, 2.45) is 11.8 Å². The van der Waals surface area contributed by atoms with E-state index in [-0.39, 0.29) is 0 Å². The van der Waals surface area contributed by atoms with Gasteiger partial charge in [-0.2, -0.15) is 5.10 Å². The Morgan fingerprint density at radius 2 is 1.70 bits per heavy atom. The highest BCUT2D eigenvalue weighted by atomic mass is 16.5. The van der Waals surface area contributed by atoms with Crippen molar-refractivity contribution in [2.45, 2.75) is 83.5 Å². The largest absolute Gasteiger partial charge is 0.378 e. The van der Waals surface area contributed by atoms with Gasteiger partial charge < -0.3 is 19.7 Å². The van der Waals surface area contributed by atoms with Crippen molar-refractivity contribution in [3.63, 3.8) is 0 Å². The summed E-state index contributed by atoms with van der Waals surface area (Å²) in [6.45, 7) is 8.90. The number of H-pyrrole nitrogens is 1. The first-order valence-electron chi connectivity index (χ1n) is 12.2. The van der Waals surface area contributed by atoms with E-state index in [1.807, 2.05) is 13.2 Å². The lowest BCUT2D eigenvalue weighted by Crippen LogP contribution is -2.37. The van der Waals surface area contributed by atoms with Crippen molar-refractivity contribution in [1.29, 1.82) is 0 Å². The van der Waals surface area contributed by atoms with E-state index in [9.17, 15) is 0 Å². The maximum absolute atomic E-state index is 6.04. The third kappa shape index (κ3) is 6.52. The molecular weight excluding hydrogens is 376 g/mol. The average Bonchev–Trinajstić information content (AvgIpc) is 3.20. The summed E-state index contributed by atoms with van der Waals surface area (Å²) in [5.41, 5.74) is 2.76. The summed E-state index contributed by atoms with van der Waals surface area (Å²) in [6, 6.07) is 0. The predicted octanol–water partition coefficient (Wildman–Crippen LogP) is 3.95. The first-order chi connectivity index (χ1) is 14.6. The molecule has 6 heteroatoms. The van der Waals surface area contributed by atoms with E-state index in [1.54, 1.807) is 0 Å². The van der Waals surface area contributed by atoms with E-state index in [0.29, 0.717) is 18.1 Å². The normalized spacial score (nSPS) is 30.1. The summed E-state index contributed by atoms with van der Waals surface area (Å²) in [5.74, 6) is 2.20. The molecule has 0 aliphatic heterocycles. The molecule has 1 aromatic rings. The van der Waals surface area contributed by atoms with E-state index in [1.165, 1.54) is 49.8 Å². The summed E-state index contributed by atoms with van der Waals surface area (Å²) in [4.78, 5) is 2.38. The highest BCUT2D eigenvalue weighted by Gasteiger charge is 2.36. The lowest BCUT2D eigenvalue weighted by atomic mass is 9.69. The summed E-state index contributed by atoms with van der Waals surface area (Å²) in [5, 5.41) is 11.0. The Kier molecular flexibility index (Phi) is 9.63. The second-order valence-electron chi connectivity index (χ2n) is 9.38. The van der Waals surface area contributed by atoms with Crippen LogP contribution in [0, 0.1) is 11.8 Å². The Morgan fingerprint density at radius 1 is 1.03 bits per heavy atom. The second-order valence-corrected chi connectivity index (χ2v) is 9.38. The van der Waals surface area contributed by atoms with Crippen LogP contribution in [0.1, 0.15) is 76.0 Å². The molecule has 0 spiro atoms. The fourth-order valence-corrected chi connectivity index (χ4v) is 5.74. The molecule has 2 unspecified atom stereocenters. The van der Waals surface area contributed by atoms with Gasteiger partial charge in [-0.1, -0.05) is 0 Å². The molecule has 2 aliphatic rings. The fraction of sp³-hybridized carbons (Fsp3) is 0.875. The van der Waals surface area contributed by atoms with Gasteiger partial charge in [-0.3, -0.25) is 5.10 Å². The minimum absolute atomic E-state index is 0.385. The standard InChI is InChI=1S/C24H44N4O2/c1-5-29-22-13-20(14-23(15-22)30-6-2)18-7-9-19(10-8-18)24-21(16-26-27-24)17-28(4)12-11-25-3/h16,18-20,22-23,25H,5-15,17H2,1-4H3,(H,26,27). The van der Waals surface area contributed by atoms with Crippen LogP contribution >= 0.6 is 0 Å². The molecule has 172 valence electrons. The molecule has 0 amide bonds. The summed E-state index contributed by atoms with van der Waals surface area (Å²) in [6.07, 6.45) is 11.5. The summed E-state index contributed by atoms with van der Waals surface area (Å²) < 4.78 is 12.1. The van der Waals surface area contributed by atoms with Gasteiger partial charge in [0.15, 0.2) is 0 Å². The third-order valence-corrected chi connectivity index (χ3v) is 7.24. The van der Waals surface area contributed by atoms with Gasteiger partial charge in [0.1, 0.15) is 0 Å². The molecule has 0 saturated heterocycles. The lowest BCUT2D eigenvalue weighted by Gasteiger charge is -2.41. The maximum Gasteiger partial charge on any atom is 0.0602 e. The van der Waals surface area contributed by atoms with Crippen LogP contribution in [0.15, 0.2) is 6.20 Å². The molecule has 0 radical (unpaired) electrons. The van der Waals surface area contributed by atoms with Crippen LogP contribution in [0.5, 0.6) is 0 Å². The van der Waals surface area contributed by atoms with E-state index in [0.717, 1.165) is 51.1 Å². The van der Waals surface area contributed by atoms with Gasteiger partial charge in [-0.05, 0) is 84.7 Å². The lowest BCUT2D eigenvalue weighted by molar-refractivity contribution is -0.0674. The van der Waals surface area contributed by atoms with Gasteiger partial charge in [0.05, 0.1) is 18.4 Å². The van der Waals surface area contributed by atoms with Gasteiger partial charge in [0, 0.05) is 50.0 Å². The number of hydrogen-bond acceptors (Lipinski definition) is 5. The van der Waals surface area contributed by atoms with Crippen molar-refractivity contribution in [1.82, 2.24) is 20.4 Å². The first-order valence-corrected chi connectivity index (χ1v) is 12.2. The average molecular weight is 421 g/mol. The van der Waals surface area contributed by atoms with E-state index in [2.05, 4.69) is 41.3 Å². The molecule has 1 aromatic heterocycles. The molecule has 6 nitrogen and oxygen atoms in total. The molecule has 2 fully saturated rings. The topological polar surface area (TPSA) is 62.4 Å². The van der Waals surface area contributed by atoms with Crippen molar-refractivity contribution in [3.05, 3.63) is 17.5 Å². The van der Waals surface area contributed by atoms with Crippen LogP contribution in [-0.4, -0.2) is 67.7 Å². The van der Waals surface area contributed by atoms with Crippen LogP contribution in [-0.2, 0) is 16.0 Å². The molecule has 2 atom stereocenters. The molecule has 0 bridgehead atoms. The van der Waals surface area contributed by atoms with Gasteiger partial charge in [0.25, 0.3) is 0 Å². The van der Waals surface area contributed by atoms with Crippen LogP contribution in [0.2, 0.25) is 0 Å². The van der Waals surface area contributed by atoms with Crippen LogP contribution in [0.4, 0.5) is 0 Å². The zero-order valence-corrected chi connectivity index (χ0v) is 19.7. The summed E-state index contributed by atoms with van der Waals surface area (Å²) >= 11 is 0. The van der Waals surface area contributed by atoms with Crippen molar-refractivity contribution >= 4 is 0 Å². The minimum atomic E-state index is 0.385. The Morgan fingerprint density at radius 3 is 2.30 bits per heavy atom. The smallest absolute Gasteiger partial charge is 0.0602 e.